The molecule has 2 rings (SSSR count). The molecule has 1 aliphatic heterocycles. The maximum atomic E-state index is 12.0. The lowest BCUT2D eigenvalue weighted by Crippen LogP contribution is -2.48. The summed E-state index contributed by atoms with van der Waals surface area (Å²) in [6.45, 7) is 2.80. The van der Waals surface area contributed by atoms with Gasteiger partial charge in [0.2, 0.25) is 12.3 Å². The van der Waals surface area contributed by atoms with E-state index < -0.39 is 0 Å². The number of nitrogens with two attached hydrogens (primary N) is 1. The molecule has 3 N–H and O–H groups in total. The van der Waals surface area contributed by atoms with Crippen LogP contribution < -0.4 is 11.1 Å². The number of hydrogen-bond donors (Lipinski definition) is 2. The highest BCUT2D eigenvalue weighted by Gasteiger charge is 2.19. The van der Waals surface area contributed by atoms with Gasteiger partial charge < -0.3 is 16.0 Å². The summed E-state index contributed by atoms with van der Waals surface area (Å²) in [4.78, 5) is 26.3. The molecule has 6 nitrogen and oxygen atoms in total. The number of halogens is 2. The standard InChI is InChI=1S/C13H16Cl2N4O2/c14-10-5-9(16)6-11(15)13(10)17-12(21)7-18-1-3-19(8-20)4-2-18/h5-6,8H,1-4,7,16H2,(H,17,21). The zero-order valence-corrected chi connectivity index (χ0v) is 12.8. The van der Waals surface area contributed by atoms with Crippen LogP contribution in [0.4, 0.5) is 11.4 Å². The van der Waals surface area contributed by atoms with Crippen molar-refractivity contribution in [2.24, 2.45) is 0 Å². The highest BCUT2D eigenvalue weighted by Crippen LogP contribution is 2.32. The third-order valence-electron chi connectivity index (χ3n) is 3.25. The van der Waals surface area contributed by atoms with Crippen molar-refractivity contribution in [1.82, 2.24) is 9.80 Å². The predicted molar refractivity (Wildman–Crippen MR) is 83.6 cm³/mol. The second kappa shape index (κ2) is 6.98. The minimum absolute atomic E-state index is 0.205. The minimum atomic E-state index is -0.205. The Morgan fingerprint density at radius 3 is 2.33 bits per heavy atom. The van der Waals surface area contributed by atoms with Crippen molar-refractivity contribution < 1.29 is 9.59 Å². The first-order chi connectivity index (χ1) is 9.99. The van der Waals surface area contributed by atoms with Crippen LogP contribution in [0.25, 0.3) is 0 Å². The molecule has 0 saturated carbocycles. The van der Waals surface area contributed by atoms with E-state index in [-0.39, 0.29) is 12.5 Å². The molecule has 0 aromatic heterocycles. The Balaban J connectivity index is 1.92. The molecular weight excluding hydrogens is 315 g/mol. The predicted octanol–water partition coefficient (Wildman–Crippen LogP) is 1.29. The molecule has 1 fully saturated rings. The van der Waals surface area contributed by atoms with Crippen LogP contribution in [0.3, 0.4) is 0 Å². The van der Waals surface area contributed by atoms with E-state index in [9.17, 15) is 9.59 Å². The summed E-state index contributed by atoms with van der Waals surface area (Å²) >= 11 is 12.0. The van der Waals surface area contributed by atoms with Crippen LogP contribution in [-0.4, -0.2) is 54.8 Å². The summed E-state index contributed by atoms with van der Waals surface area (Å²) in [7, 11) is 0. The maximum absolute atomic E-state index is 12.0. The number of amides is 2. The fourth-order valence-corrected chi connectivity index (χ4v) is 2.72. The molecule has 1 saturated heterocycles. The Morgan fingerprint density at radius 1 is 1.24 bits per heavy atom. The molecule has 1 aromatic rings. The second-order valence-corrected chi connectivity index (χ2v) is 5.64. The summed E-state index contributed by atoms with van der Waals surface area (Å²) in [6.07, 6.45) is 0.825. The van der Waals surface area contributed by atoms with E-state index in [0.717, 1.165) is 6.41 Å². The fraction of sp³-hybridized carbons (Fsp3) is 0.385. The molecule has 0 unspecified atom stereocenters. The number of nitrogen functional groups attached to an aromatic ring is 1. The number of hydrogen-bond acceptors (Lipinski definition) is 4. The molecule has 8 heteroatoms. The van der Waals surface area contributed by atoms with Crippen LogP contribution in [0.15, 0.2) is 12.1 Å². The number of rotatable bonds is 4. The normalized spacial score (nSPS) is 15.8. The summed E-state index contributed by atoms with van der Waals surface area (Å²) in [5, 5.41) is 3.30. The van der Waals surface area contributed by atoms with Crippen molar-refractivity contribution >= 4 is 46.9 Å². The van der Waals surface area contributed by atoms with Crippen LogP contribution >= 0.6 is 23.2 Å². The van der Waals surface area contributed by atoms with Gasteiger partial charge in [-0.1, -0.05) is 23.2 Å². The molecule has 0 radical (unpaired) electrons. The van der Waals surface area contributed by atoms with Gasteiger partial charge in [-0.15, -0.1) is 0 Å². The fourth-order valence-electron chi connectivity index (χ4n) is 2.12. The van der Waals surface area contributed by atoms with Gasteiger partial charge in [0.1, 0.15) is 0 Å². The Kier molecular flexibility index (Phi) is 5.27. The first-order valence-electron chi connectivity index (χ1n) is 6.45. The maximum Gasteiger partial charge on any atom is 0.238 e. The summed E-state index contributed by atoms with van der Waals surface area (Å²) < 4.78 is 0. The molecule has 1 aromatic carbocycles. The molecule has 114 valence electrons. The van der Waals surface area contributed by atoms with Gasteiger partial charge in [0.05, 0.1) is 22.3 Å². The Hall–Kier alpha value is -1.50. The quantitative estimate of drug-likeness (QED) is 0.644. The first-order valence-corrected chi connectivity index (χ1v) is 7.21. The Morgan fingerprint density at radius 2 is 1.81 bits per heavy atom. The van der Waals surface area contributed by atoms with Crippen molar-refractivity contribution in [3.8, 4) is 0 Å². The van der Waals surface area contributed by atoms with Gasteiger partial charge >= 0.3 is 0 Å². The van der Waals surface area contributed by atoms with Crippen molar-refractivity contribution in [2.45, 2.75) is 0 Å². The van der Waals surface area contributed by atoms with E-state index in [1.807, 2.05) is 4.90 Å². The molecule has 0 aliphatic carbocycles. The smallest absolute Gasteiger partial charge is 0.238 e. The SMILES string of the molecule is Nc1cc(Cl)c(NC(=O)CN2CCN(C=O)CC2)c(Cl)c1. The average Bonchev–Trinajstić information content (AvgIpc) is 2.43. The van der Waals surface area contributed by atoms with E-state index in [0.29, 0.717) is 47.6 Å². The van der Waals surface area contributed by atoms with E-state index in [2.05, 4.69) is 5.32 Å². The molecule has 0 bridgehead atoms. The van der Waals surface area contributed by atoms with Gasteiger partial charge in [0.15, 0.2) is 0 Å². The number of nitrogens with zero attached hydrogens (tertiary/aromatic N) is 2. The summed E-state index contributed by atoms with van der Waals surface area (Å²) in [5.74, 6) is -0.205. The van der Waals surface area contributed by atoms with E-state index in [1.165, 1.54) is 12.1 Å². The van der Waals surface area contributed by atoms with Gasteiger partial charge in [-0.2, -0.15) is 0 Å². The highest BCUT2D eigenvalue weighted by atomic mass is 35.5. The van der Waals surface area contributed by atoms with Crippen molar-refractivity contribution in [3.05, 3.63) is 22.2 Å². The lowest BCUT2D eigenvalue weighted by Gasteiger charge is -2.31. The van der Waals surface area contributed by atoms with Crippen LogP contribution in [0.5, 0.6) is 0 Å². The van der Waals surface area contributed by atoms with Gasteiger partial charge in [0.25, 0.3) is 0 Å². The van der Waals surface area contributed by atoms with Crippen LogP contribution in [0.2, 0.25) is 10.0 Å². The number of benzene rings is 1. The number of piperazine rings is 1. The van der Waals surface area contributed by atoms with E-state index >= 15 is 0 Å². The second-order valence-electron chi connectivity index (χ2n) is 4.83. The molecule has 0 atom stereocenters. The lowest BCUT2D eigenvalue weighted by molar-refractivity contribution is -0.120. The van der Waals surface area contributed by atoms with Crippen molar-refractivity contribution in [1.29, 1.82) is 0 Å². The largest absolute Gasteiger partial charge is 0.399 e. The third kappa shape index (κ3) is 4.23. The number of carbonyl (C=O) groups excluding carboxylic acids is 2. The molecule has 1 aliphatic rings. The summed E-state index contributed by atoms with van der Waals surface area (Å²) in [6, 6.07) is 3.07. The third-order valence-corrected chi connectivity index (χ3v) is 3.85. The first kappa shape index (κ1) is 15.9. The number of anilines is 2. The Bertz CT molecular complexity index is 522. The minimum Gasteiger partial charge on any atom is -0.399 e. The topological polar surface area (TPSA) is 78.7 Å². The zero-order chi connectivity index (χ0) is 15.4. The average molecular weight is 331 g/mol. The van der Waals surface area contributed by atoms with Gasteiger partial charge in [-0.25, -0.2) is 0 Å². The lowest BCUT2D eigenvalue weighted by atomic mass is 10.2. The molecular formula is C13H16Cl2N4O2. The summed E-state index contributed by atoms with van der Waals surface area (Å²) in [5.41, 5.74) is 6.41. The Labute approximate surface area is 132 Å². The number of nitrogens with one attached hydrogen (secondary N) is 1. The molecule has 1 heterocycles. The van der Waals surface area contributed by atoms with Gasteiger partial charge in [0, 0.05) is 31.9 Å². The van der Waals surface area contributed by atoms with Gasteiger partial charge in [-0.3, -0.25) is 14.5 Å². The molecule has 2 amide bonds. The van der Waals surface area contributed by atoms with Crippen LogP contribution in [-0.2, 0) is 9.59 Å². The van der Waals surface area contributed by atoms with Crippen LogP contribution in [0.1, 0.15) is 0 Å². The zero-order valence-electron chi connectivity index (χ0n) is 11.3. The van der Waals surface area contributed by atoms with E-state index in [1.54, 1.807) is 4.90 Å². The highest BCUT2D eigenvalue weighted by molar-refractivity contribution is 6.40. The van der Waals surface area contributed by atoms with E-state index in [4.69, 9.17) is 28.9 Å². The molecule has 0 spiro atoms. The van der Waals surface area contributed by atoms with Crippen molar-refractivity contribution in [2.75, 3.05) is 43.8 Å². The van der Waals surface area contributed by atoms with Crippen molar-refractivity contribution in [3.63, 3.8) is 0 Å². The van der Waals surface area contributed by atoms with Gasteiger partial charge in [-0.05, 0) is 12.1 Å². The van der Waals surface area contributed by atoms with Crippen LogP contribution in [0, 0.1) is 0 Å². The molecule has 21 heavy (non-hydrogen) atoms. The monoisotopic (exact) mass is 330 g/mol. The number of carbonyl (C=O) groups is 2.